The zero-order valence-corrected chi connectivity index (χ0v) is 24.5. The van der Waals surface area contributed by atoms with E-state index in [0.29, 0.717) is 13.1 Å². The number of aliphatic hydroxyl groups excluding tert-OH is 1. The molecule has 3 aromatic rings. The van der Waals surface area contributed by atoms with Gasteiger partial charge in [0.05, 0.1) is 11.9 Å². The lowest BCUT2D eigenvalue weighted by molar-refractivity contribution is -0.147. The molecule has 4 rings (SSSR count). The Labute approximate surface area is 245 Å². The van der Waals surface area contributed by atoms with E-state index in [9.17, 15) is 19.5 Å². The molecule has 1 aliphatic rings. The maximum atomic E-state index is 13.8. The Morgan fingerprint density at radius 2 is 1.51 bits per heavy atom. The van der Waals surface area contributed by atoms with Crippen molar-refractivity contribution in [1.82, 2.24) is 20.9 Å². The fourth-order valence-corrected chi connectivity index (χ4v) is 6.09. The van der Waals surface area contributed by atoms with Crippen LogP contribution in [0.5, 0.6) is 0 Å². The van der Waals surface area contributed by atoms with E-state index in [1.165, 1.54) is 16.7 Å². The number of thioether (sulfide) groups is 1. The molecular formula is C32H38N4O4S. The van der Waals surface area contributed by atoms with Crippen LogP contribution < -0.4 is 16.0 Å². The first-order chi connectivity index (χ1) is 19.7. The molecule has 0 spiro atoms. The number of benzene rings is 3. The van der Waals surface area contributed by atoms with Crippen molar-refractivity contribution in [3.05, 3.63) is 107 Å². The average Bonchev–Trinajstić information content (AvgIpc) is 3.30. The summed E-state index contributed by atoms with van der Waals surface area (Å²) in [6.07, 6.45) is -1.32. The molecule has 0 bridgehead atoms. The number of nitrogens with zero attached hydrogens (tertiary/aromatic N) is 1. The van der Waals surface area contributed by atoms with Crippen LogP contribution in [-0.2, 0) is 29.1 Å². The van der Waals surface area contributed by atoms with Crippen molar-refractivity contribution in [2.45, 2.75) is 63.2 Å². The van der Waals surface area contributed by atoms with E-state index in [2.05, 4.69) is 16.0 Å². The zero-order chi connectivity index (χ0) is 29.4. The van der Waals surface area contributed by atoms with E-state index in [-0.39, 0.29) is 18.2 Å². The van der Waals surface area contributed by atoms with Crippen molar-refractivity contribution in [2.24, 2.45) is 0 Å². The third-order valence-electron chi connectivity index (χ3n) is 7.34. The SMILES string of the molecule is Cc1ccccc1CNC(=O)[C@H]1N(C(=O)[C@@H](O)[C@H](Cc2ccccc2)NC(=O)NCc2ccccc2)CSC1(C)C. The van der Waals surface area contributed by atoms with E-state index >= 15 is 0 Å². The summed E-state index contributed by atoms with van der Waals surface area (Å²) in [5, 5.41) is 20.0. The van der Waals surface area contributed by atoms with Gasteiger partial charge in [-0.15, -0.1) is 11.8 Å². The monoisotopic (exact) mass is 574 g/mol. The van der Waals surface area contributed by atoms with E-state index in [1.807, 2.05) is 106 Å². The minimum atomic E-state index is -1.56. The second-order valence-corrected chi connectivity index (χ2v) is 12.4. The second kappa shape index (κ2) is 13.7. The molecule has 0 saturated carbocycles. The summed E-state index contributed by atoms with van der Waals surface area (Å²) in [5.41, 5.74) is 3.85. The molecule has 1 heterocycles. The maximum Gasteiger partial charge on any atom is 0.315 e. The molecule has 216 valence electrons. The number of aryl methyl sites for hydroxylation is 1. The van der Waals surface area contributed by atoms with Crippen LogP contribution in [0.25, 0.3) is 0 Å². The minimum Gasteiger partial charge on any atom is -0.381 e. The molecule has 1 fully saturated rings. The number of nitrogens with one attached hydrogen (secondary N) is 3. The van der Waals surface area contributed by atoms with Crippen LogP contribution in [0.4, 0.5) is 4.79 Å². The zero-order valence-electron chi connectivity index (χ0n) is 23.7. The molecule has 4 amide bonds. The van der Waals surface area contributed by atoms with Crippen molar-refractivity contribution in [3.63, 3.8) is 0 Å². The topological polar surface area (TPSA) is 111 Å². The van der Waals surface area contributed by atoms with Crippen LogP contribution in [0.3, 0.4) is 0 Å². The summed E-state index contributed by atoms with van der Waals surface area (Å²) in [5.74, 6) is -0.621. The van der Waals surface area contributed by atoms with Crippen molar-refractivity contribution in [3.8, 4) is 0 Å². The molecular weight excluding hydrogens is 536 g/mol. The largest absolute Gasteiger partial charge is 0.381 e. The fraction of sp³-hybridized carbons (Fsp3) is 0.344. The van der Waals surface area contributed by atoms with Gasteiger partial charge in [-0.05, 0) is 49.4 Å². The van der Waals surface area contributed by atoms with Crippen LogP contribution >= 0.6 is 11.8 Å². The summed E-state index contributed by atoms with van der Waals surface area (Å²) in [6.45, 7) is 6.47. The molecule has 0 unspecified atom stereocenters. The van der Waals surface area contributed by atoms with Gasteiger partial charge in [-0.3, -0.25) is 9.59 Å². The van der Waals surface area contributed by atoms with E-state index in [0.717, 1.165) is 22.3 Å². The minimum absolute atomic E-state index is 0.237. The number of hydrogen-bond donors (Lipinski definition) is 4. The van der Waals surface area contributed by atoms with Crippen molar-refractivity contribution < 1.29 is 19.5 Å². The van der Waals surface area contributed by atoms with E-state index in [1.54, 1.807) is 0 Å². The third-order valence-corrected chi connectivity index (χ3v) is 8.71. The summed E-state index contributed by atoms with van der Waals surface area (Å²) in [7, 11) is 0. The lowest BCUT2D eigenvalue weighted by atomic mass is 9.97. The highest BCUT2D eigenvalue weighted by atomic mass is 32.2. The van der Waals surface area contributed by atoms with Crippen molar-refractivity contribution >= 4 is 29.6 Å². The molecule has 0 aliphatic carbocycles. The molecule has 0 radical (unpaired) electrons. The van der Waals surface area contributed by atoms with Gasteiger partial charge in [0.15, 0.2) is 6.10 Å². The van der Waals surface area contributed by atoms with Gasteiger partial charge in [-0.1, -0.05) is 84.9 Å². The summed E-state index contributed by atoms with van der Waals surface area (Å²) in [4.78, 5) is 41.5. The van der Waals surface area contributed by atoms with Crippen LogP contribution in [0.1, 0.15) is 36.1 Å². The number of amides is 4. The predicted octanol–water partition coefficient (Wildman–Crippen LogP) is 3.76. The highest BCUT2D eigenvalue weighted by Crippen LogP contribution is 2.40. The van der Waals surface area contributed by atoms with Gasteiger partial charge < -0.3 is 26.0 Å². The van der Waals surface area contributed by atoms with Gasteiger partial charge >= 0.3 is 6.03 Å². The lowest BCUT2D eigenvalue weighted by Gasteiger charge is -2.33. The molecule has 0 aromatic heterocycles. The number of carbonyl (C=O) groups excluding carboxylic acids is 3. The number of urea groups is 1. The molecule has 4 N–H and O–H groups in total. The second-order valence-electron chi connectivity index (χ2n) is 10.8. The van der Waals surface area contributed by atoms with Crippen LogP contribution in [0.15, 0.2) is 84.9 Å². The molecule has 9 heteroatoms. The Kier molecular flexibility index (Phi) is 10.1. The maximum absolute atomic E-state index is 13.8. The Balaban J connectivity index is 1.48. The predicted molar refractivity (Wildman–Crippen MR) is 162 cm³/mol. The Morgan fingerprint density at radius 3 is 2.17 bits per heavy atom. The van der Waals surface area contributed by atoms with Crippen molar-refractivity contribution in [1.29, 1.82) is 0 Å². The number of carbonyl (C=O) groups is 3. The van der Waals surface area contributed by atoms with Gasteiger partial charge in [0.1, 0.15) is 6.04 Å². The first kappa shape index (κ1) is 30.1. The quantitative estimate of drug-likeness (QED) is 0.295. The molecule has 3 atom stereocenters. The highest BCUT2D eigenvalue weighted by Gasteiger charge is 2.49. The highest BCUT2D eigenvalue weighted by molar-refractivity contribution is 8.00. The summed E-state index contributed by atoms with van der Waals surface area (Å²) < 4.78 is -0.569. The third kappa shape index (κ3) is 7.89. The first-order valence-electron chi connectivity index (χ1n) is 13.7. The Bertz CT molecular complexity index is 1340. The van der Waals surface area contributed by atoms with Gasteiger partial charge in [0.25, 0.3) is 5.91 Å². The standard InChI is InChI=1S/C32H38N4O4S/c1-22-12-10-11-17-25(22)20-33-29(38)28-32(2,3)41-21-36(28)30(39)27(37)26(18-23-13-6-4-7-14-23)35-31(40)34-19-24-15-8-5-9-16-24/h4-17,26-28,37H,18-21H2,1-3H3,(H,33,38)(H2,34,35,40)/t26-,27-,28+/m0/s1. The van der Waals surface area contributed by atoms with Gasteiger partial charge in [-0.2, -0.15) is 0 Å². The fourth-order valence-electron chi connectivity index (χ4n) is 4.95. The van der Waals surface area contributed by atoms with Crippen LogP contribution in [0.2, 0.25) is 0 Å². The number of hydrogen-bond acceptors (Lipinski definition) is 5. The van der Waals surface area contributed by atoms with Crippen LogP contribution in [-0.4, -0.2) is 56.7 Å². The van der Waals surface area contributed by atoms with Crippen molar-refractivity contribution in [2.75, 3.05) is 5.88 Å². The Morgan fingerprint density at radius 1 is 0.902 bits per heavy atom. The van der Waals surface area contributed by atoms with Gasteiger partial charge in [0, 0.05) is 17.8 Å². The Hall–Kier alpha value is -3.82. The molecule has 41 heavy (non-hydrogen) atoms. The molecule has 1 saturated heterocycles. The lowest BCUT2D eigenvalue weighted by Crippen LogP contribution is -2.59. The molecule has 3 aromatic carbocycles. The molecule has 8 nitrogen and oxygen atoms in total. The van der Waals surface area contributed by atoms with E-state index < -0.39 is 34.9 Å². The number of rotatable bonds is 10. The smallest absolute Gasteiger partial charge is 0.315 e. The normalized spacial score (nSPS) is 17.4. The van der Waals surface area contributed by atoms with Gasteiger partial charge in [-0.25, -0.2) is 4.79 Å². The molecule has 1 aliphatic heterocycles. The summed E-state index contributed by atoms with van der Waals surface area (Å²) >= 11 is 1.48. The van der Waals surface area contributed by atoms with Gasteiger partial charge in [0.2, 0.25) is 5.91 Å². The number of aliphatic hydroxyl groups is 1. The average molecular weight is 575 g/mol. The van der Waals surface area contributed by atoms with Crippen LogP contribution in [0, 0.1) is 6.92 Å². The first-order valence-corrected chi connectivity index (χ1v) is 14.7. The van der Waals surface area contributed by atoms with E-state index in [4.69, 9.17) is 0 Å². The summed E-state index contributed by atoms with van der Waals surface area (Å²) in [6, 6.07) is 24.5.